The largest absolute Gasteiger partial charge is 0.347 e. The zero-order chi connectivity index (χ0) is 15.2. The van der Waals surface area contributed by atoms with Crippen molar-refractivity contribution in [3.8, 4) is 0 Å². The summed E-state index contributed by atoms with van der Waals surface area (Å²) in [4.78, 5) is 25.8. The van der Waals surface area contributed by atoms with Crippen LogP contribution in [0.25, 0.3) is 0 Å². The van der Waals surface area contributed by atoms with E-state index < -0.39 is 0 Å². The monoisotopic (exact) mass is 289 g/mol. The highest BCUT2D eigenvalue weighted by molar-refractivity contribution is 5.86. The van der Waals surface area contributed by atoms with Crippen molar-refractivity contribution in [2.24, 2.45) is 11.7 Å². The molecule has 2 rings (SSSR count). The maximum atomic E-state index is 12.1. The van der Waals surface area contributed by atoms with Gasteiger partial charge in [0.1, 0.15) is 0 Å². The summed E-state index contributed by atoms with van der Waals surface area (Å²) >= 11 is 0. The normalized spacial score (nSPS) is 17.3. The van der Waals surface area contributed by atoms with Gasteiger partial charge in [0.05, 0.1) is 12.5 Å². The number of carbonyl (C=O) groups excluding carboxylic acids is 2. The van der Waals surface area contributed by atoms with Crippen molar-refractivity contribution in [2.75, 3.05) is 19.6 Å². The van der Waals surface area contributed by atoms with Crippen LogP contribution in [0.2, 0.25) is 0 Å². The second kappa shape index (κ2) is 7.22. The third-order valence-corrected chi connectivity index (χ3v) is 4.01. The summed E-state index contributed by atoms with van der Waals surface area (Å²) < 4.78 is 0. The molecule has 1 heterocycles. The van der Waals surface area contributed by atoms with Crippen molar-refractivity contribution < 1.29 is 9.59 Å². The Morgan fingerprint density at radius 2 is 1.86 bits per heavy atom. The van der Waals surface area contributed by atoms with Gasteiger partial charge in [0.2, 0.25) is 11.8 Å². The Hall–Kier alpha value is -1.88. The second-order valence-corrected chi connectivity index (χ2v) is 5.53. The molecule has 1 fully saturated rings. The maximum absolute atomic E-state index is 12.1. The Morgan fingerprint density at radius 1 is 1.24 bits per heavy atom. The van der Waals surface area contributed by atoms with Gasteiger partial charge in [-0.1, -0.05) is 37.3 Å². The molecule has 0 spiro atoms. The summed E-state index contributed by atoms with van der Waals surface area (Å²) in [5.74, 6) is -0.570. The van der Waals surface area contributed by atoms with Gasteiger partial charge in [-0.25, -0.2) is 0 Å². The highest BCUT2D eigenvalue weighted by atomic mass is 16.2. The van der Waals surface area contributed by atoms with Crippen molar-refractivity contribution >= 4 is 11.8 Å². The molecule has 0 aliphatic carbocycles. The third-order valence-electron chi connectivity index (χ3n) is 4.01. The van der Waals surface area contributed by atoms with E-state index in [1.807, 2.05) is 30.3 Å². The lowest BCUT2D eigenvalue weighted by Crippen LogP contribution is -2.42. The first-order chi connectivity index (χ1) is 10.1. The van der Waals surface area contributed by atoms with E-state index in [9.17, 15) is 9.59 Å². The highest BCUT2D eigenvalue weighted by Crippen LogP contribution is 2.19. The average molecular weight is 289 g/mol. The Labute approximate surface area is 125 Å². The van der Waals surface area contributed by atoms with Crippen LogP contribution in [0.5, 0.6) is 0 Å². The first-order valence-corrected chi connectivity index (χ1v) is 7.45. The van der Waals surface area contributed by atoms with Crippen LogP contribution < -0.4 is 11.1 Å². The summed E-state index contributed by atoms with van der Waals surface area (Å²) in [6.07, 6.45) is 2.10. The van der Waals surface area contributed by atoms with Crippen LogP contribution in [-0.2, 0) is 9.59 Å². The number of benzene rings is 1. The van der Waals surface area contributed by atoms with E-state index in [1.165, 1.54) is 0 Å². The summed E-state index contributed by atoms with van der Waals surface area (Å²) in [7, 11) is 0. The van der Waals surface area contributed by atoms with Crippen molar-refractivity contribution in [2.45, 2.75) is 25.8 Å². The molecule has 5 heteroatoms. The van der Waals surface area contributed by atoms with Gasteiger partial charge < -0.3 is 16.0 Å². The molecule has 3 N–H and O–H groups in total. The van der Waals surface area contributed by atoms with Gasteiger partial charge in [0.15, 0.2) is 0 Å². The van der Waals surface area contributed by atoms with Gasteiger partial charge in [-0.15, -0.1) is 0 Å². The van der Waals surface area contributed by atoms with E-state index in [2.05, 4.69) is 5.32 Å². The molecule has 2 unspecified atom stereocenters. The van der Waals surface area contributed by atoms with Crippen molar-refractivity contribution in [1.29, 1.82) is 0 Å². The van der Waals surface area contributed by atoms with Crippen LogP contribution >= 0.6 is 0 Å². The molecule has 0 saturated carbocycles. The number of amides is 2. The van der Waals surface area contributed by atoms with Crippen LogP contribution in [-0.4, -0.2) is 36.3 Å². The minimum absolute atomic E-state index is 0.0127. The van der Waals surface area contributed by atoms with Crippen molar-refractivity contribution in [3.63, 3.8) is 0 Å². The minimum Gasteiger partial charge on any atom is -0.347 e. The van der Waals surface area contributed by atoms with Crippen molar-refractivity contribution in [1.82, 2.24) is 10.2 Å². The fourth-order valence-electron chi connectivity index (χ4n) is 2.53. The maximum Gasteiger partial charge on any atom is 0.241 e. The van der Waals surface area contributed by atoms with E-state index in [4.69, 9.17) is 5.73 Å². The molecule has 114 valence electrons. The predicted octanol–water partition coefficient (Wildman–Crippen LogP) is 1.06. The van der Waals surface area contributed by atoms with Crippen molar-refractivity contribution in [3.05, 3.63) is 35.9 Å². The summed E-state index contributed by atoms with van der Waals surface area (Å²) in [5, 5.41) is 2.70. The minimum atomic E-state index is -0.376. The summed E-state index contributed by atoms with van der Waals surface area (Å²) in [6.45, 7) is 3.44. The number of hydrogen-bond acceptors (Lipinski definition) is 3. The Kier molecular flexibility index (Phi) is 5.33. The number of nitrogens with one attached hydrogen (secondary N) is 1. The molecular formula is C16H23N3O2. The fraction of sp³-hybridized carbons (Fsp3) is 0.500. The summed E-state index contributed by atoms with van der Waals surface area (Å²) in [5.41, 5.74) is 7.03. The van der Waals surface area contributed by atoms with E-state index in [1.54, 1.807) is 11.8 Å². The Balaban J connectivity index is 1.83. The molecule has 1 aromatic carbocycles. The number of likely N-dealkylation sites (tertiary alicyclic amines) is 1. The Morgan fingerprint density at radius 3 is 2.48 bits per heavy atom. The molecule has 0 aromatic heterocycles. The first-order valence-electron chi connectivity index (χ1n) is 7.45. The lowest BCUT2D eigenvalue weighted by molar-refractivity contribution is -0.133. The van der Waals surface area contributed by atoms with Crippen LogP contribution in [0.1, 0.15) is 31.4 Å². The Bertz CT molecular complexity index is 484. The standard InChI is InChI=1S/C16H23N3O2/c1-12(15(17)13-7-3-2-4-8-13)16(21)18-11-14(20)19-9-5-6-10-19/h2-4,7-8,12,15H,5-6,9-11,17H2,1H3,(H,18,21). The first kappa shape index (κ1) is 15.5. The molecule has 5 nitrogen and oxygen atoms in total. The molecular weight excluding hydrogens is 266 g/mol. The number of nitrogens with two attached hydrogens (primary N) is 1. The van der Waals surface area contributed by atoms with E-state index >= 15 is 0 Å². The molecule has 1 aliphatic rings. The molecule has 2 atom stereocenters. The third kappa shape index (κ3) is 4.04. The van der Waals surface area contributed by atoms with Gasteiger partial charge in [-0.2, -0.15) is 0 Å². The summed E-state index contributed by atoms with van der Waals surface area (Å²) in [6, 6.07) is 9.16. The topological polar surface area (TPSA) is 75.4 Å². The smallest absolute Gasteiger partial charge is 0.241 e. The predicted molar refractivity (Wildman–Crippen MR) is 81.4 cm³/mol. The molecule has 1 aromatic rings. The quantitative estimate of drug-likeness (QED) is 0.851. The average Bonchev–Trinajstić information content (AvgIpc) is 3.06. The van der Waals surface area contributed by atoms with E-state index in [-0.39, 0.29) is 30.3 Å². The lowest BCUT2D eigenvalue weighted by Gasteiger charge is -2.21. The fourth-order valence-corrected chi connectivity index (χ4v) is 2.53. The molecule has 0 radical (unpaired) electrons. The highest BCUT2D eigenvalue weighted by Gasteiger charge is 2.24. The number of carbonyl (C=O) groups is 2. The molecule has 1 aliphatic heterocycles. The molecule has 21 heavy (non-hydrogen) atoms. The van der Waals surface area contributed by atoms with Gasteiger partial charge in [0, 0.05) is 19.1 Å². The zero-order valence-corrected chi connectivity index (χ0v) is 12.4. The number of hydrogen-bond donors (Lipinski definition) is 2. The second-order valence-electron chi connectivity index (χ2n) is 5.53. The molecule has 2 amide bonds. The molecule has 1 saturated heterocycles. The van der Waals surface area contributed by atoms with Gasteiger partial charge >= 0.3 is 0 Å². The van der Waals surface area contributed by atoms with Gasteiger partial charge in [-0.3, -0.25) is 9.59 Å². The van der Waals surface area contributed by atoms with E-state index in [0.29, 0.717) is 0 Å². The van der Waals surface area contributed by atoms with Crippen LogP contribution in [0.15, 0.2) is 30.3 Å². The number of rotatable bonds is 5. The SMILES string of the molecule is CC(C(=O)NCC(=O)N1CCCC1)C(N)c1ccccc1. The van der Waals surface area contributed by atoms with Gasteiger partial charge in [-0.05, 0) is 18.4 Å². The lowest BCUT2D eigenvalue weighted by atomic mass is 9.95. The zero-order valence-electron chi connectivity index (χ0n) is 12.4. The van der Waals surface area contributed by atoms with Crippen LogP contribution in [0.3, 0.4) is 0 Å². The molecule has 0 bridgehead atoms. The van der Waals surface area contributed by atoms with E-state index in [0.717, 1.165) is 31.5 Å². The van der Waals surface area contributed by atoms with Crippen LogP contribution in [0, 0.1) is 5.92 Å². The van der Waals surface area contributed by atoms with Gasteiger partial charge in [0.25, 0.3) is 0 Å². The van der Waals surface area contributed by atoms with Crippen LogP contribution in [0.4, 0.5) is 0 Å². The number of nitrogens with zero attached hydrogens (tertiary/aromatic N) is 1.